The molecule has 22 heavy (non-hydrogen) atoms. The van der Waals surface area contributed by atoms with Crippen LogP contribution >= 0.6 is 0 Å². The van der Waals surface area contributed by atoms with Crippen molar-refractivity contribution in [3.63, 3.8) is 0 Å². The third-order valence-corrected chi connectivity index (χ3v) is 3.50. The molecular weight excluding hydrogens is 282 g/mol. The molecule has 2 rings (SSSR count). The molecule has 0 aliphatic carbocycles. The van der Waals surface area contributed by atoms with Crippen molar-refractivity contribution in [1.29, 1.82) is 0 Å². The van der Waals surface area contributed by atoms with Crippen molar-refractivity contribution in [2.45, 2.75) is 26.2 Å². The lowest BCUT2D eigenvalue weighted by Gasteiger charge is -2.28. The minimum Gasteiger partial charge on any atom is -0.378 e. The lowest BCUT2D eigenvalue weighted by molar-refractivity contribution is -0.116. The van der Waals surface area contributed by atoms with Crippen LogP contribution in [0.5, 0.6) is 0 Å². The van der Waals surface area contributed by atoms with E-state index in [4.69, 9.17) is 4.74 Å². The summed E-state index contributed by atoms with van der Waals surface area (Å²) in [5.41, 5.74) is 0.656. The van der Waals surface area contributed by atoms with E-state index in [1.54, 1.807) is 6.20 Å². The first-order valence-electron chi connectivity index (χ1n) is 7.78. The summed E-state index contributed by atoms with van der Waals surface area (Å²) in [5, 5.41) is 2.91. The maximum absolute atomic E-state index is 11.9. The van der Waals surface area contributed by atoms with Crippen molar-refractivity contribution >= 4 is 23.4 Å². The number of aromatic nitrogens is 2. The lowest BCUT2D eigenvalue weighted by atomic mass is 10.2. The van der Waals surface area contributed by atoms with E-state index in [9.17, 15) is 4.79 Å². The molecule has 0 spiro atoms. The second kappa shape index (κ2) is 7.93. The Kier molecular flexibility index (Phi) is 5.94. The minimum atomic E-state index is 0.00710. The second-order valence-electron chi connectivity index (χ2n) is 5.55. The molecule has 7 heteroatoms. The minimum absolute atomic E-state index is 0.00710. The van der Waals surface area contributed by atoms with Gasteiger partial charge in [0, 0.05) is 33.6 Å². The third-order valence-electron chi connectivity index (χ3n) is 3.50. The quantitative estimate of drug-likeness (QED) is 0.859. The molecule has 0 bridgehead atoms. The highest BCUT2D eigenvalue weighted by molar-refractivity contribution is 5.93. The van der Waals surface area contributed by atoms with Gasteiger partial charge in [-0.25, -0.2) is 4.98 Å². The van der Waals surface area contributed by atoms with Gasteiger partial charge in [-0.3, -0.25) is 4.79 Å². The molecule has 0 radical (unpaired) electrons. The molecule has 0 atom stereocenters. The summed E-state index contributed by atoms with van der Waals surface area (Å²) in [5.74, 6) is 1.41. The number of rotatable bonds is 6. The second-order valence-corrected chi connectivity index (χ2v) is 5.55. The molecule has 0 unspecified atom stereocenters. The Morgan fingerprint density at radius 3 is 2.77 bits per heavy atom. The molecule has 1 aromatic heterocycles. The van der Waals surface area contributed by atoms with Gasteiger partial charge in [-0.2, -0.15) is 4.98 Å². The number of nitrogens with zero attached hydrogens (tertiary/aromatic N) is 4. The molecule has 2 heterocycles. The van der Waals surface area contributed by atoms with E-state index in [-0.39, 0.29) is 5.91 Å². The Balaban J connectivity index is 2.14. The molecule has 0 saturated carbocycles. The number of anilines is 3. The van der Waals surface area contributed by atoms with Crippen LogP contribution < -0.4 is 15.1 Å². The summed E-state index contributed by atoms with van der Waals surface area (Å²) in [6.07, 6.45) is 4.10. The molecule has 7 nitrogen and oxygen atoms in total. The van der Waals surface area contributed by atoms with E-state index in [1.165, 1.54) is 0 Å². The summed E-state index contributed by atoms with van der Waals surface area (Å²) < 4.78 is 5.35. The standard InChI is InChI=1S/C15H25N5O2/c1-4-5-6-13(21)17-12-11-16-15(18-14(12)19(2)3)20-7-9-22-10-8-20/h11H,4-10H2,1-3H3,(H,17,21). The van der Waals surface area contributed by atoms with Crippen molar-refractivity contribution in [3.8, 4) is 0 Å². The molecule has 0 aromatic carbocycles. The number of nitrogens with one attached hydrogen (secondary N) is 1. The van der Waals surface area contributed by atoms with Gasteiger partial charge in [-0.15, -0.1) is 0 Å². The summed E-state index contributed by atoms with van der Waals surface area (Å²) in [7, 11) is 3.82. The number of morpholine rings is 1. The fourth-order valence-corrected chi connectivity index (χ4v) is 2.26. The van der Waals surface area contributed by atoms with Gasteiger partial charge in [0.1, 0.15) is 5.69 Å². The number of amides is 1. The van der Waals surface area contributed by atoms with E-state index < -0.39 is 0 Å². The Hall–Kier alpha value is -1.89. The first-order chi connectivity index (χ1) is 10.6. The molecule has 1 amide bonds. The van der Waals surface area contributed by atoms with E-state index in [0.717, 1.165) is 31.7 Å². The monoisotopic (exact) mass is 307 g/mol. The molecule has 1 aliphatic rings. The van der Waals surface area contributed by atoms with E-state index >= 15 is 0 Å². The topological polar surface area (TPSA) is 70.6 Å². The Morgan fingerprint density at radius 1 is 1.41 bits per heavy atom. The van der Waals surface area contributed by atoms with Crippen molar-refractivity contribution in [2.75, 3.05) is 55.5 Å². The summed E-state index contributed by atoms with van der Waals surface area (Å²) in [6.45, 7) is 5.02. The van der Waals surface area contributed by atoms with Crippen LogP contribution in [0.15, 0.2) is 6.20 Å². The Morgan fingerprint density at radius 2 is 2.14 bits per heavy atom. The predicted octanol–water partition coefficient (Wildman–Crippen LogP) is 1.51. The van der Waals surface area contributed by atoms with Gasteiger partial charge in [0.2, 0.25) is 11.9 Å². The number of ether oxygens (including phenoxy) is 1. The SMILES string of the molecule is CCCCC(=O)Nc1cnc(N2CCOCC2)nc1N(C)C. The smallest absolute Gasteiger partial charge is 0.227 e. The highest BCUT2D eigenvalue weighted by Gasteiger charge is 2.17. The van der Waals surface area contributed by atoms with Crippen LogP contribution in [-0.4, -0.2) is 56.3 Å². The molecular formula is C15H25N5O2. The van der Waals surface area contributed by atoms with E-state index in [0.29, 0.717) is 31.3 Å². The van der Waals surface area contributed by atoms with Gasteiger partial charge < -0.3 is 19.9 Å². The molecule has 1 fully saturated rings. The van der Waals surface area contributed by atoms with Gasteiger partial charge in [-0.05, 0) is 6.42 Å². The average molecular weight is 307 g/mol. The van der Waals surface area contributed by atoms with Crippen LogP contribution in [0, 0.1) is 0 Å². The zero-order valence-electron chi connectivity index (χ0n) is 13.6. The molecule has 122 valence electrons. The lowest BCUT2D eigenvalue weighted by Crippen LogP contribution is -2.37. The Bertz CT molecular complexity index is 501. The largest absolute Gasteiger partial charge is 0.378 e. The van der Waals surface area contributed by atoms with Crippen molar-refractivity contribution in [1.82, 2.24) is 9.97 Å². The van der Waals surface area contributed by atoms with Crippen LogP contribution in [0.3, 0.4) is 0 Å². The number of hydrogen-bond acceptors (Lipinski definition) is 6. The number of hydrogen-bond donors (Lipinski definition) is 1. The van der Waals surface area contributed by atoms with Gasteiger partial charge in [-0.1, -0.05) is 13.3 Å². The summed E-state index contributed by atoms with van der Waals surface area (Å²) in [4.78, 5) is 24.9. The van der Waals surface area contributed by atoms with Gasteiger partial charge in [0.05, 0.1) is 19.4 Å². The number of unbranched alkanes of at least 4 members (excludes halogenated alkanes) is 1. The van der Waals surface area contributed by atoms with Gasteiger partial charge in [0.15, 0.2) is 5.82 Å². The van der Waals surface area contributed by atoms with Crippen molar-refractivity contribution in [2.24, 2.45) is 0 Å². The number of carbonyl (C=O) groups excluding carboxylic acids is 1. The van der Waals surface area contributed by atoms with Crippen LogP contribution in [0.25, 0.3) is 0 Å². The van der Waals surface area contributed by atoms with Gasteiger partial charge in [0.25, 0.3) is 0 Å². The summed E-state index contributed by atoms with van der Waals surface area (Å²) >= 11 is 0. The number of carbonyl (C=O) groups is 1. The maximum Gasteiger partial charge on any atom is 0.227 e. The first kappa shape index (κ1) is 16.5. The van der Waals surface area contributed by atoms with Crippen LogP contribution in [-0.2, 0) is 9.53 Å². The van der Waals surface area contributed by atoms with E-state index in [2.05, 4.69) is 27.1 Å². The van der Waals surface area contributed by atoms with Crippen LogP contribution in [0.2, 0.25) is 0 Å². The zero-order chi connectivity index (χ0) is 15.9. The van der Waals surface area contributed by atoms with E-state index in [1.807, 2.05) is 19.0 Å². The molecule has 1 saturated heterocycles. The molecule has 1 N–H and O–H groups in total. The van der Waals surface area contributed by atoms with Gasteiger partial charge >= 0.3 is 0 Å². The molecule has 1 aromatic rings. The Labute approximate surface area is 131 Å². The zero-order valence-corrected chi connectivity index (χ0v) is 13.6. The first-order valence-corrected chi connectivity index (χ1v) is 7.78. The van der Waals surface area contributed by atoms with Crippen LogP contribution in [0.1, 0.15) is 26.2 Å². The highest BCUT2D eigenvalue weighted by atomic mass is 16.5. The average Bonchev–Trinajstić information content (AvgIpc) is 2.54. The van der Waals surface area contributed by atoms with Crippen molar-refractivity contribution in [3.05, 3.63) is 6.20 Å². The maximum atomic E-state index is 11.9. The van der Waals surface area contributed by atoms with Crippen molar-refractivity contribution < 1.29 is 9.53 Å². The third kappa shape index (κ3) is 4.30. The fourth-order valence-electron chi connectivity index (χ4n) is 2.26. The summed E-state index contributed by atoms with van der Waals surface area (Å²) in [6, 6.07) is 0. The van der Waals surface area contributed by atoms with Crippen LogP contribution in [0.4, 0.5) is 17.5 Å². The molecule has 1 aliphatic heterocycles. The normalized spacial score (nSPS) is 14.8. The highest BCUT2D eigenvalue weighted by Crippen LogP contribution is 2.24. The fraction of sp³-hybridized carbons (Fsp3) is 0.667. The predicted molar refractivity (Wildman–Crippen MR) is 87.5 cm³/mol.